The van der Waals surface area contributed by atoms with Crippen molar-refractivity contribution in [2.24, 2.45) is 0 Å². The van der Waals surface area contributed by atoms with Gasteiger partial charge < -0.3 is 0 Å². The zero-order valence-electron chi connectivity index (χ0n) is 21.8. The first-order chi connectivity index (χ1) is 14.9. The maximum absolute atomic E-state index is 12.9. The Morgan fingerprint density at radius 2 is 1.61 bits per heavy atom. The van der Waals surface area contributed by atoms with Crippen LogP contribution in [0.4, 0.5) is 0 Å². The van der Waals surface area contributed by atoms with Gasteiger partial charge in [-0.3, -0.25) is 10.5 Å². The van der Waals surface area contributed by atoms with Crippen LogP contribution in [0.1, 0.15) is 54.7 Å². The van der Waals surface area contributed by atoms with E-state index in [4.69, 9.17) is 5.73 Å². The lowest BCUT2D eigenvalue weighted by Crippen LogP contribution is -2.82. The van der Waals surface area contributed by atoms with E-state index in [9.17, 15) is 4.79 Å². The van der Waals surface area contributed by atoms with Gasteiger partial charge in [-0.15, -0.1) is 0 Å². The largest absolute Gasteiger partial charge is 0.270 e. The summed E-state index contributed by atoms with van der Waals surface area (Å²) in [6.45, 7) is 24.2. The average Bonchev–Trinajstić information content (AvgIpc) is 3.04. The summed E-state index contributed by atoms with van der Waals surface area (Å²) in [7, 11) is -5.26. The minimum Gasteiger partial charge on any atom is -0.267 e. The number of allylic oxidation sites excluding steroid dienone is 1. The standard InChI is InChI=1S/C27H37BrNOSi3/c1-16-11-17-13-18(27(2,3)4)14-20(19(17)12-16)23-21(26(29)30)15-22-24(28)25(23)32(7,8)33(9,10)31(22,5)6/h11,13-15,29H,12H2,1-10H3. The molecule has 175 valence electrons. The Morgan fingerprint density at radius 1 is 1.00 bits per heavy atom. The summed E-state index contributed by atoms with van der Waals surface area (Å²) in [6, 6.07) is 6.80. The van der Waals surface area contributed by atoms with Crippen LogP contribution < -0.4 is 16.1 Å². The molecule has 2 bridgehead atoms. The van der Waals surface area contributed by atoms with Crippen LogP contribution >= 0.6 is 15.9 Å². The molecule has 2 aromatic rings. The van der Waals surface area contributed by atoms with Crippen molar-refractivity contribution in [3.05, 3.63) is 50.5 Å². The van der Waals surface area contributed by atoms with Crippen LogP contribution in [0.25, 0.3) is 17.2 Å². The van der Waals surface area contributed by atoms with Gasteiger partial charge in [0.1, 0.15) is 0 Å². The molecule has 2 nitrogen and oxygen atoms in total. The van der Waals surface area contributed by atoms with Gasteiger partial charge in [-0.2, -0.15) is 0 Å². The van der Waals surface area contributed by atoms with Crippen LogP contribution in [0.15, 0.2) is 28.2 Å². The van der Waals surface area contributed by atoms with E-state index in [0.717, 1.165) is 12.0 Å². The number of nitrogens with one attached hydrogen (secondary N) is 1. The topological polar surface area (TPSA) is 40.9 Å². The van der Waals surface area contributed by atoms with Crippen LogP contribution in [0.5, 0.6) is 0 Å². The summed E-state index contributed by atoms with van der Waals surface area (Å²) in [5.74, 6) is -0.548. The Morgan fingerprint density at radius 3 is 2.15 bits per heavy atom. The fraction of sp³-hybridized carbons (Fsp3) is 0.444. The molecule has 1 radical (unpaired) electrons. The molecule has 0 saturated heterocycles. The first-order valence-corrected chi connectivity index (χ1v) is 23.7. The molecule has 2 aromatic carbocycles. The second kappa shape index (κ2) is 7.39. The Balaban J connectivity index is 2.21. The van der Waals surface area contributed by atoms with E-state index in [1.54, 1.807) is 0 Å². The zero-order valence-corrected chi connectivity index (χ0v) is 26.4. The summed E-state index contributed by atoms with van der Waals surface area (Å²) in [6.07, 6.45) is 3.23. The quantitative estimate of drug-likeness (QED) is 0.390. The molecule has 0 aromatic heterocycles. The van der Waals surface area contributed by atoms with Crippen LogP contribution in [0.2, 0.25) is 39.3 Å². The Kier molecular flexibility index (Phi) is 5.57. The van der Waals surface area contributed by atoms with E-state index in [-0.39, 0.29) is 5.41 Å². The minimum atomic E-state index is -1.90. The fourth-order valence-electron chi connectivity index (χ4n) is 5.86. The molecule has 0 unspecified atom stereocenters. The highest BCUT2D eigenvalue weighted by Crippen LogP contribution is 2.44. The molecule has 1 N–H and O–H groups in total. The van der Waals surface area contributed by atoms with Crippen LogP contribution in [0.3, 0.4) is 0 Å². The molecule has 1 aliphatic carbocycles. The van der Waals surface area contributed by atoms with E-state index in [1.807, 2.05) is 0 Å². The molecule has 4 rings (SSSR count). The normalized spacial score (nSPS) is 19.8. The van der Waals surface area contributed by atoms with Crippen molar-refractivity contribution in [1.82, 2.24) is 5.73 Å². The molecule has 0 saturated carbocycles. The molecular formula is C27H37BrNOSi3. The third-order valence-electron chi connectivity index (χ3n) is 9.21. The smallest absolute Gasteiger partial charge is 0.267 e. The Bertz CT molecular complexity index is 1250. The van der Waals surface area contributed by atoms with Gasteiger partial charge in [0.2, 0.25) is 0 Å². The predicted molar refractivity (Wildman–Crippen MR) is 155 cm³/mol. The Labute approximate surface area is 210 Å². The molecule has 6 heteroatoms. The van der Waals surface area contributed by atoms with Gasteiger partial charge in [0.05, 0.1) is 15.2 Å². The van der Waals surface area contributed by atoms with Crippen LogP contribution in [0, 0.1) is 0 Å². The van der Waals surface area contributed by atoms with Gasteiger partial charge in [0.25, 0.3) is 5.91 Å². The van der Waals surface area contributed by atoms with Gasteiger partial charge in [-0.25, -0.2) is 0 Å². The van der Waals surface area contributed by atoms with Crippen molar-refractivity contribution in [2.45, 2.75) is 78.8 Å². The lowest BCUT2D eigenvalue weighted by Gasteiger charge is -2.54. The van der Waals surface area contributed by atoms with Crippen molar-refractivity contribution in [3.8, 4) is 11.1 Å². The highest BCUT2D eigenvalue weighted by atomic mass is 79.9. The van der Waals surface area contributed by atoms with Crippen molar-refractivity contribution in [1.29, 1.82) is 0 Å². The van der Waals surface area contributed by atoms with Gasteiger partial charge in [-0.05, 0) is 63.0 Å². The number of hydrogen-bond acceptors (Lipinski definition) is 1. The predicted octanol–water partition coefficient (Wildman–Crippen LogP) is 6.51. The van der Waals surface area contributed by atoms with Crippen molar-refractivity contribution in [3.63, 3.8) is 0 Å². The van der Waals surface area contributed by atoms with Crippen LogP contribution in [-0.2, 0) is 11.8 Å². The van der Waals surface area contributed by atoms with Gasteiger partial charge in [0.15, 0.2) is 0 Å². The summed E-state index contributed by atoms with van der Waals surface area (Å²) in [5.41, 5.74) is 16.5. The van der Waals surface area contributed by atoms with E-state index >= 15 is 0 Å². The highest BCUT2D eigenvalue weighted by molar-refractivity contribution is 9.10. The number of rotatable bonds is 2. The third kappa shape index (κ3) is 3.39. The number of benzene rings is 2. The molecule has 33 heavy (non-hydrogen) atoms. The number of hydrogen-bond donors (Lipinski definition) is 0. The van der Waals surface area contributed by atoms with Crippen molar-refractivity contribution >= 4 is 60.6 Å². The average molecular weight is 556 g/mol. The highest BCUT2D eigenvalue weighted by Gasteiger charge is 2.59. The number of amides is 1. The van der Waals surface area contributed by atoms with Crippen molar-refractivity contribution < 1.29 is 4.79 Å². The SMILES string of the molecule is CC1=Cc2cc(C(C)(C)C)cc(-c3c(C([NH])=O)cc4c(Br)c3[Si](C)(C)[Si](C)(C)[Si]4(C)C)c2C1. The first-order valence-electron chi connectivity index (χ1n) is 11.9. The number of carbonyl (C=O) groups is 1. The number of fused-ring (bicyclic) bond motifs is 3. The minimum absolute atomic E-state index is 0.00350. The second-order valence-corrected chi connectivity index (χ2v) is 40.8. The molecular weight excluding hydrogens is 518 g/mol. The zero-order chi connectivity index (χ0) is 24.9. The fourth-order valence-corrected chi connectivity index (χ4v) is 42.3. The monoisotopic (exact) mass is 554 g/mol. The van der Waals surface area contributed by atoms with Gasteiger partial charge in [0, 0.05) is 17.1 Å². The van der Waals surface area contributed by atoms with Gasteiger partial charge >= 0.3 is 0 Å². The maximum Gasteiger partial charge on any atom is 0.270 e. The molecule has 0 spiro atoms. The third-order valence-corrected chi connectivity index (χ3v) is 52.1. The number of halogens is 1. The van der Waals surface area contributed by atoms with E-state index in [1.165, 1.54) is 42.7 Å². The maximum atomic E-state index is 12.9. The lowest BCUT2D eigenvalue weighted by molar-refractivity contribution is 0.0993. The Hall–Kier alpha value is -1.22. The summed E-state index contributed by atoms with van der Waals surface area (Å²) < 4.78 is 1.25. The van der Waals surface area contributed by atoms with Crippen LogP contribution in [-0.4, -0.2) is 28.2 Å². The van der Waals surface area contributed by atoms with Crippen molar-refractivity contribution in [2.75, 3.05) is 0 Å². The molecule has 1 amide bonds. The molecule has 1 aliphatic heterocycles. The molecule has 0 fully saturated rings. The second-order valence-electron chi connectivity index (χ2n) is 12.7. The molecule has 2 aliphatic rings. The molecule has 1 heterocycles. The van der Waals surface area contributed by atoms with E-state index in [0.29, 0.717) is 5.56 Å². The summed E-state index contributed by atoms with van der Waals surface area (Å²) in [5, 5.41) is 2.76. The number of carbonyl (C=O) groups excluding carboxylic acids is 1. The van der Waals surface area contributed by atoms with E-state index < -0.39 is 28.2 Å². The summed E-state index contributed by atoms with van der Waals surface area (Å²) in [4.78, 5) is 12.9. The molecule has 0 atom stereocenters. The van der Waals surface area contributed by atoms with E-state index in [2.05, 4.69) is 107 Å². The summed E-state index contributed by atoms with van der Waals surface area (Å²) >= 11 is 4.08. The first kappa shape index (κ1) is 24.9. The van der Waals surface area contributed by atoms with Gasteiger partial charge in [-0.1, -0.05) is 99.8 Å². The lowest BCUT2D eigenvalue weighted by atomic mass is 9.82.